The maximum Gasteiger partial charge on any atom is 0.271 e. The Hall–Kier alpha value is -5.53. The van der Waals surface area contributed by atoms with Gasteiger partial charge in [0.05, 0.1) is 31.4 Å². The van der Waals surface area contributed by atoms with Crippen molar-refractivity contribution in [3.8, 4) is 34.4 Å². The quantitative estimate of drug-likeness (QED) is 0.163. The van der Waals surface area contributed by atoms with Gasteiger partial charge in [-0.2, -0.15) is 0 Å². The van der Waals surface area contributed by atoms with E-state index >= 15 is 4.39 Å². The number of nitrogens with zero attached hydrogens (tertiary/aromatic N) is 3. The normalized spacial score (nSPS) is 16.9. The third-order valence-corrected chi connectivity index (χ3v) is 8.99. The maximum atomic E-state index is 15.5. The van der Waals surface area contributed by atoms with Crippen molar-refractivity contribution < 1.29 is 37.6 Å². The summed E-state index contributed by atoms with van der Waals surface area (Å²) >= 11 is 0. The van der Waals surface area contributed by atoms with Crippen LogP contribution in [0.3, 0.4) is 0 Å². The molecule has 1 unspecified atom stereocenters. The van der Waals surface area contributed by atoms with Gasteiger partial charge < -0.3 is 34.3 Å². The third kappa shape index (κ3) is 7.21. The molecule has 11 nitrogen and oxygen atoms in total. The molecule has 2 aromatic heterocycles. The summed E-state index contributed by atoms with van der Waals surface area (Å²) < 4.78 is 53.5. The van der Waals surface area contributed by atoms with Gasteiger partial charge in [0.1, 0.15) is 22.9 Å². The van der Waals surface area contributed by atoms with Crippen LogP contribution in [0, 0.1) is 11.6 Å². The van der Waals surface area contributed by atoms with E-state index in [-0.39, 0.29) is 29.4 Å². The zero-order valence-electron chi connectivity index (χ0n) is 28.1. The average Bonchev–Trinajstić information content (AvgIpc) is 3.72. The van der Waals surface area contributed by atoms with Crippen molar-refractivity contribution in [2.45, 2.75) is 31.8 Å². The largest absolute Gasteiger partial charge is 0.493 e. The van der Waals surface area contributed by atoms with Crippen LogP contribution >= 0.6 is 0 Å². The number of ether oxygens (including phenoxy) is 4. The number of fused-ring (bicyclic) bond motifs is 2. The summed E-state index contributed by atoms with van der Waals surface area (Å²) in [5, 5.41) is 13.4. The van der Waals surface area contributed by atoms with Gasteiger partial charge in [-0.1, -0.05) is 0 Å². The molecule has 2 aliphatic rings. The smallest absolute Gasteiger partial charge is 0.271 e. The number of aliphatic hydroxyl groups is 1. The summed E-state index contributed by atoms with van der Waals surface area (Å²) in [7, 11) is 1.53. The van der Waals surface area contributed by atoms with Crippen LogP contribution in [0.1, 0.15) is 35.7 Å². The minimum absolute atomic E-state index is 0.0892. The molecule has 0 spiro atoms. The van der Waals surface area contributed by atoms with E-state index in [4.69, 9.17) is 18.9 Å². The minimum Gasteiger partial charge on any atom is -0.493 e. The van der Waals surface area contributed by atoms with E-state index in [0.717, 1.165) is 32.0 Å². The lowest BCUT2D eigenvalue weighted by Crippen LogP contribution is -2.30. The summed E-state index contributed by atoms with van der Waals surface area (Å²) in [6.07, 6.45) is 5.11. The van der Waals surface area contributed by atoms with Crippen LogP contribution in [0.5, 0.6) is 28.7 Å². The number of amides is 1. The van der Waals surface area contributed by atoms with Gasteiger partial charge in [0.2, 0.25) is 0 Å². The average molecular weight is 699 g/mol. The Kier molecular flexibility index (Phi) is 9.32. The predicted molar refractivity (Wildman–Crippen MR) is 186 cm³/mol. The highest BCUT2D eigenvalue weighted by atomic mass is 19.1. The first-order valence-electron chi connectivity index (χ1n) is 16.6. The van der Waals surface area contributed by atoms with E-state index in [1.165, 1.54) is 48.1 Å². The number of likely N-dealkylation sites (tertiary alicyclic amines) is 1. The van der Waals surface area contributed by atoms with Crippen molar-refractivity contribution >= 4 is 22.5 Å². The van der Waals surface area contributed by atoms with Gasteiger partial charge in [0, 0.05) is 72.9 Å². The van der Waals surface area contributed by atoms with Crippen molar-refractivity contribution in [3.05, 3.63) is 106 Å². The summed E-state index contributed by atoms with van der Waals surface area (Å²) in [4.78, 5) is 33.6. The summed E-state index contributed by atoms with van der Waals surface area (Å²) in [5.74, 6) is -0.660. The number of pyridine rings is 2. The number of methoxy groups -OCH3 is 1. The van der Waals surface area contributed by atoms with Crippen molar-refractivity contribution in [1.29, 1.82) is 0 Å². The number of benzene rings is 3. The van der Waals surface area contributed by atoms with Gasteiger partial charge in [0.25, 0.3) is 11.5 Å². The van der Waals surface area contributed by atoms with Crippen molar-refractivity contribution in [2.75, 3.05) is 45.3 Å². The highest BCUT2D eigenvalue weighted by molar-refractivity contribution is 6.06. The molecule has 0 aliphatic carbocycles. The molecule has 13 heteroatoms. The topological polar surface area (TPSA) is 124 Å². The Morgan fingerprint density at radius 2 is 1.88 bits per heavy atom. The number of halogens is 2. The molecule has 264 valence electrons. The molecule has 4 heterocycles. The van der Waals surface area contributed by atoms with Gasteiger partial charge in [-0.15, -0.1) is 0 Å². The number of anilines is 1. The number of hydrogen-bond acceptors (Lipinski definition) is 9. The Morgan fingerprint density at radius 3 is 2.63 bits per heavy atom. The van der Waals surface area contributed by atoms with Crippen molar-refractivity contribution in [3.63, 3.8) is 0 Å². The van der Waals surface area contributed by atoms with Crippen LogP contribution in [0.2, 0.25) is 0 Å². The molecule has 0 bridgehead atoms. The molecule has 1 saturated heterocycles. The maximum absolute atomic E-state index is 15.5. The molecule has 1 atom stereocenters. The molecule has 2 N–H and O–H groups in total. The van der Waals surface area contributed by atoms with E-state index in [1.54, 1.807) is 30.6 Å². The van der Waals surface area contributed by atoms with Crippen LogP contribution in [0.25, 0.3) is 16.6 Å². The van der Waals surface area contributed by atoms with Crippen LogP contribution in [-0.4, -0.2) is 71.0 Å². The van der Waals surface area contributed by atoms with Crippen molar-refractivity contribution in [1.82, 2.24) is 14.5 Å². The third-order valence-electron chi connectivity index (χ3n) is 8.99. The number of carbonyl (C=O) groups is 1. The molecular formula is C38H36F2N4O7. The lowest BCUT2D eigenvalue weighted by molar-refractivity contribution is 0.0681. The predicted octanol–water partition coefficient (Wildman–Crippen LogP) is 5.88. The molecule has 1 fully saturated rings. The van der Waals surface area contributed by atoms with Crippen LogP contribution in [0.15, 0.2) is 77.9 Å². The second-order valence-electron chi connectivity index (χ2n) is 12.9. The SMILES string of the molecule is COc1cc2c(Oc3ccc(NC(=O)c4c5c(cn(-c6ccc(F)cc6)c4=O)CCO5)cc3F)ccnc2cc1OCCCN1CCC(C)(O)C1. The zero-order chi connectivity index (χ0) is 35.7. The van der Waals surface area contributed by atoms with Crippen molar-refractivity contribution in [2.24, 2.45) is 0 Å². The fourth-order valence-electron chi connectivity index (χ4n) is 6.41. The molecule has 7 rings (SSSR count). The number of rotatable bonds is 11. The fourth-order valence-corrected chi connectivity index (χ4v) is 6.41. The molecule has 51 heavy (non-hydrogen) atoms. The van der Waals surface area contributed by atoms with Gasteiger partial charge in [-0.3, -0.25) is 19.1 Å². The first-order chi connectivity index (χ1) is 24.6. The Labute approximate surface area is 292 Å². The number of carbonyl (C=O) groups excluding carboxylic acids is 1. The highest BCUT2D eigenvalue weighted by Gasteiger charge is 2.31. The van der Waals surface area contributed by atoms with Gasteiger partial charge in [-0.25, -0.2) is 8.78 Å². The Balaban J connectivity index is 1.06. The summed E-state index contributed by atoms with van der Waals surface area (Å²) in [6, 6.07) is 14.3. The van der Waals surface area contributed by atoms with Gasteiger partial charge >= 0.3 is 0 Å². The van der Waals surface area contributed by atoms with Crippen LogP contribution in [-0.2, 0) is 6.42 Å². The molecule has 0 radical (unpaired) electrons. The summed E-state index contributed by atoms with van der Waals surface area (Å²) in [5.41, 5.74) is 0.120. The lowest BCUT2D eigenvalue weighted by atomic mass is 10.1. The number of nitrogens with one attached hydrogen (secondary N) is 1. The number of β-amino-alcohol motifs (C(OH)–C–C–N with tert-alkyl or cyclic N) is 1. The van der Waals surface area contributed by atoms with E-state index in [2.05, 4.69) is 15.2 Å². The first kappa shape index (κ1) is 33.9. The molecule has 2 aliphatic heterocycles. The highest BCUT2D eigenvalue weighted by Crippen LogP contribution is 2.38. The zero-order valence-corrected chi connectivity index (χ0v) is 28.1. The molecular weight excluding hydrogens is 662 g/mol. The van der Waals surface area contributed by atoms with E-state index < -0.39 is 28.7 Å². The first-order valence-corrected chi connectivity index (χ1v) is 16.6. The molecule has 0 saturated carbocycles. The van der Waals surface area contributed by atoms with E-state index in [1.807, 2.05) is 6.92 Å². The van der Waals surface area contributed by atoms with Gasteiger partial charge in [0.15, 0.2) is 23.1 Å². The second-order valence-corrected chi connectivity index (χ2v) is 12.9. The Morgan fingerprint density at radius 1 is 1.06 bits per heavy atom. The molecule has 1 amide bonds. The minimum atomic E-state index is -0.780. The number of hydrogen-bond donors (Lipinski definition) is 2. The van der Waals surface area contributed by atoms with Gasteiger partial charge in [-0.05, 0) is 68.3 Å². The Bertz CT molecular complexity index is 2170. The van der Waals surface area contributed by atoms with E-state index in [0.29, 0.717) is 59.0 Å². The molecule has 5 aromatic rings. The second kappa shape index (κ2) is 14.0. The summed E-state index contributed by atoms with van der Waals surface area (Å²) in [6.45, 7) is 4.87. The number of aromatic nitrogens is 2. The van der Waals surface area contributed by atoms with Crippen LogP contribution in [0.4, 0.5) is 14.5 Å². The monoisotopic (exact) mass is 698 g/mol. The standard InChI is InChI=1S/C38H36F2N4O7/c1-38(47)12-15-43(22-38)14-3-16-49-33-20-29-27(19-32(33)48-2)30(10-13-41-29)51-31-9-6-25(18-28(31)40)42-36(45)34-35-23(11-17-50-35)21-44(37(34)46)26-7-4-24(39)5-8-26/h4-10,13,18-21,47H,3,11-12,14-17,22H2,1-2H3,(H,42,45). The lowest BCUT2D eigenvalue weighted by Gasteiger charge is -2.19. The van der Waals surface area contributed by atoms with Crippen LogP contribution < -0.4 is 29.8 Å². The molecule has 3 aromatic carbocycles. The fraction of sp³-hybridized carbons (Fsp3) is 0.289. The van der Waals surface area contributed by atoms with E-state index in [9.17, 15) is 19.1 Å².